The molecule has 0 bridgehead atoms. The second kappa shape index (κ2) is 5.18. The lowest BCUT2D eigenvalue weighted by molar-refractivity contribution is 0.411. The van der Waals surface area contributed by atoms with E-state index in [4.69, 9.17) is 11.6 Å². The summed E-state index contributed by atoms with van der Waals surface area (Å²) >= 11 is 6.22. The molecule has 0 spiro atoms. The quantitative estimate of drug-likeness (QED) is 0.883. The van der Waals surface area contributed by atoms with Crippen molar-refractivity contribution < 1.29 is 0 Å². The van der Waals surface area contributed by atoms with Crippen LogP contribution in [0.2, 0.25) is 5.02 Å². The highest BCUT2D eigenvalue weighted by atomic mass is 35.5. The van der Waals surface area contributed by atoms with Crippen LogP contribution in [0.25, 0.3) is 0 Å². The molecule has 0 amide bonds. The van der Waals surface area contributed by atoms with E-state index in [0.717, 1.165) is 35.7 Å². The Kier molecular flexibility index (Phi) is 3.58. The largest absolute Gasteiger partial charge is 0.314 e. The van der Waals surface area contributed by atoms with Gasteiger partial charge in [-0.05, 0) is 55.2 Å². The number of hydrogen-bond donors (Lipinski definition) is 1. The second-order valence-electron chi connectivity index (χ2n) is 5.67. The van der Waals surface area contributed by atoms with E-state index >= 15 is 0 Å². The molecular formula is C15H21ClN2. The third kappa shape index (κ3) is 2.28. The van der Waals surface area contributed by atoms with E-state index in [1.807, 2.05) is 6.20 Å². The average Bonchev–Trinajstić information content (AvgIpc) is 2.84. The van der Waals surface area contributed by atoms with Crippen LogP contribution < -0.4 is 5.32 Å². The van der Waals surface area contributed by atoms with E-state index in [0.29, 0.717) is 6.04 Å². The first kappa shape index (κ1) is 12.4. The van der Waals surface area contributed by atoms with Crippen LogP contribution in [-0.2, 0) is 6.42 Å². The van der Waals surface area contributed by atoms with Crippen LogP contribution in [0.3, 0.4) is 0 Å². The summed E-state index contributed by atoms with van der Waals surface area (Å²) in [6.07, 6.45) is 8.99. The van der Waals surface area contributed by atoms with Crippen molar-refractivity contribution in [2.45, 2.75) is 38.6 Å². The lowest BCUT2D eigenvalue weighted by Crippen LogP contribution is -2.34. The van der Waals surface area contributed by atoms with E-state index in [9.17, 15) is 0 Å². The maximum Gasteiger partial charge on any atom is 0.0621 e. The van der Waals surface area contributed by atoms with Crippen molar-refractivity contribution in [2.75, 3.05) is 6.54 Å². The molecule has 1 aromatic heterocycles. The Morgan fingerprint density at radius 1 is 1.44 bits per heavy atom. The second-order valence-corrected chi connectivity index (χ2v) is 6.08. The Bertz CT molecular complexity index is 411. The molecule has 0 radical (unpaired) electrons. The smallest absolute Gasteiger partial charge is 0.0621 e. The van der Waals surface area contributed by atoms with E-state index in [1.54, 1.807) is 6.20 Å². The molecule has 0 saturated heterocycles. The SMILES string of the molecule is CCNC(Cc1ccncc1Cl)C1C2CCCC21. The number of nitrogens with one attached hydrogen (secondary N) is 1. The van der Waals surface area contributed by atoms with Crippen LogP contribution >= 0.6 is 11.6 Å². The van der Waals surface area contributed by atoms with Gasteiger partial charge in [-0.2, -0.15) is 0 Å². The molecule has 2 nitrogen and oxygen atoms in total. The molecule has 0 aromatic carbocycles. The normalized spacial score (nSPS) is 31.1. The van der Waals surface area contributed by atoms with Gasteiger partial charge in [-0.3, -0.25) is 4.98 Å². The third-order valence-electron chi connectivity index (χ3n) is 4.70. The first-order valence-corrected chi connectivity index (χ1v) is 7.50. The van der Waals surface area contributed by atoms with E-state index in [-0.39, 0.29) is 0 Å². The lowest BCUT2D eigenvalue weighted by atomic mass is 9.97. The Balaban J connectivity index is 1.69. The Morgan fingerprint density at radius 2 is 2.22 bits per heavy atom. The highest BCUT2D eigenvalue weighted by Crippen LogP contribution is 2.59. The van der Waals surface area contributed by atoms with E-state index < -0.39 is 0 Å². The van der Waals surface area contributed by atoms with Crippen molar-refractivity contribution in [3.05, 3.63) is 29.0 Å². The van der Waals surface area contributed by atoms with Gasteiger partial charge in [0, 0.05) is 18.4 Å². The van der Waals surface area contributed by atoms with Gasteiger partial charge in [0.1, 0.15) is 0 Å². The van der Waals surface area contributed by atoms with E-state index in [1.165, 1.54) is 24.8 Å². The number of rotatable bonds is 5. The van der Waals surface area contributed by atoms with Crippen molar-refractivity contribution in [1.82, 2.24) is 10.3 Å². The molecule has 3 unspecified atom stereocenters. The molecular weight excluding hydrogens is 244 g/mol. The van der Waals surface area contributed by atoms with Gasteiger partial charge in [0.05, 0.1) is 5.02 Å². The van der Waals surface area contributed by atoms with Crippen molar-refractivity contribution in [3.8, 4) is 0 Å². The summed E-state index contributed by atoms with van der Waals surface area (Å²) in [5.74, 6) is 2.88. The van der Waals surface area contributed by atoms with Gasteiger partial charge in [0.25, 0.3) is 0 Å². The highest BCUT2D eigenvalue weighted by Gasteiger charge is 2.55. The van der Waals surface area contributed by atoms with Crippen LogP contribution in [-0.4, -0.2) is 17.6 Å². The highest BCUT2D eigenvalue weighted by molar-refractivity contribution is 6.31. The van der Waals surface area contributed by atoms with Gasteiger partial charge < -0.3 is 5.32 Å². The molecule has 1 heterocycles. The lowest BCUT2D eigenvalue weighted by Gasteiger charge is -2.20. The van der Waals surface area contributed by atoms with Crippen LogP contribution in [0, 0.1) is 17.8 Å². The number of hydrogen-bond acceptors (Lipinski definition) is 2. The van der Waals surface area contributed by atoms with Crippen molar-refractivity contribution in [2.24, 2.45) is 17.8 Å². The number of pyridine rings is 1. The van der Waals surface area contributed by atoms with Crippen LogP contribution in [0.4, 0.5) is 0 Å². The predicted molar refractivity (Wildman–Crippen MR) is 74.7 cm³/mol. The molecule has 2 aliphatic carbocycles. The molecule has 1 N–H and O–H groups in total. The summed E-state index contributed by atoms with van der Waals surface area (Å²) in [4.78, 5) is 4.06. The van der Waals surface area contributed by atoms with Crippen LogP contribution in [0.15, 0.2) is 18.5 Å². The first-order chi connectivity index (χ1) is 8.81. The molecule has 2 saturated carbocycles. The summed E-state index contributed by atoms with van der Waals surface area (Å²) in [6, 6.07) is 2.66. The topological polar surface area (TPSA) is 24.9 Å². The monoisotopic (exact) mass is 264 g/mol. The first-order valence-electron chi connectivity index (χ1n) is 7.13. The third-order valence-corrected chi connectivity index (χ3v) is 5.04. The number of halogens is 1. The van der Waals surface area contributed by atoms with Gasteiger partial charge in [-0.25, -0.2) is 0 Å². The number of likely N-dealkylation sites (N-methyl/N-ethyl adjacent to an activating group) is 1. The fourth-order valence-electron chi connectivity index (χ4n) is 3.89. The van der Waals surface area contributed by atoms with Crippen molar-refractivity contribution >= 4 is 11.6 Å². The number of fused-ring (bicyclic) bond motifs is 1. The maximum atomic E-state index is 6.22. The summed E-state index contributed by atoms with van der Waals surface area (Å²) in [5, 5.41) is 4.48. The Labute approximate surface area is 114 Å². The zero-order chi connectivity index (χ0) is 12.5. The zero-order valence-electron chi connectivity index (χ0n) is 10.9. The minimum atomic E-state index is 0.602. The molecule has 18 heavy (non-hydrogen) atoms. The summed E-state index contributed by atoms with van der Waals surface area (Å²) in [5.41, 5.74) is 1.24. The molecule has 2 fully saturated rings. The fraction of sp³-hybridized carbons (Fsp3) is 0.667. The summed E-state index contributed by atoms with van der Waals surface area (Å²) < 4.78 is 0. The van der Waals surface area contributed by atoms with Crippen molar-refractivity contribution in [3.63, 3.8) is 0 Å². The summed E-state index contributed by atoms with van der Waals surface area (Å²) in [6.45, 7) is 3.24. The molecule has 1 aromatic rings. The van der Waals surface area contributed by atoms with Gasteiger partial charge >= 0.3 is 0 Å². The minimum absolute atomic E-state index is 0.602. The zero-order valence-corrected chi connectivity index (χ0v) is 11.7. The Morgan fingerprint density at radius 3 is 2.89 bits per heavy atom. The molecule has 2 aliphatic rings. The molecule has 3 atom stereocenters. The standard InChI is InChI=1S/C15H21ClN2/c1-2-18-14(15-11-4-3-5-12(11)15)8-10-6-7-17-9-13(10)16/h6-7,9,11-12,14-15,18H,2-5,8H2,1H3. The van der Waals surface area contributed by atoms with E-state index in [2.05, 4.69) is 23.3 Å². The van der Waals surface area contributed by atoms with Gasteiger partial charge in [-0.1, -0.05) is 24.9 Å². The predicted octanol–water partition coefficient (Wildman–Crippen LogP) is 3.30. The summed E-state index contributed by atoms with van der Waals surface area (Å²) in [7, 11) is 0. The van der Waals surface area contributed by atoms with Crippen molar-refractivity contribution in [1.29, 1.82) is 0 Å². The fourth-order valence-corrected chi connectivity index (χ4v) is 4.08. The van der Waals surface area contributed by atoms with Gasteiger partial charge in [0.15, 0.2) is 0 Å². The average molecular weight is 265 g/mol. The van der Waals surface area contributed by atoms with Gasteiger partial charge in [0.2, 0.25) is 0 Å². The molecule has 3 rings (SSSR count). The molecule has 0 aliphatic heterocycles. The minimum Gasteiger partial charge on any atom is -0.314 e. The molecule has 98 valence electrons. The number of aromatic nitrogens is 1. The van der Waals surface area contributed by atoms with Crippen LogP contribution in [0.1, 0.15) is 31.7 Å². The van der Waals surface area contributed by atoms with Gasteiger partial charge in [-0.15, -0.1) is 0 Å². The maximum absolute atomic E-state index is 6.22. The van der Waals surface area contributed by atoms with Crippen LogP contribution in [0.5, 0.6) is 0 Å². The Hall–Kier alpha value is -0.600. The molecule has 3 heteroatoms. The number of nitrogens with zero attached hydrogens (tertiary/aromatic N) is 1.